The minimum atomic E-state index is -4.20. The van der Waals surface area contributed by atoms with E-state index in [1.165, 1.54) is 17.0 Å². The van der Waals surface area contributed by atoms with E-state index in [-0.39, 0.29) is 23.0 Å². The topological polar surface area (TPSA) is 96.0 Å². The number of halogens is 1. The molecule has 0 radical (unpaired) electrons. The first kappa shape index (κ1) is 32.9. The van der Waals surface area contributed by atoms with Crippen LogP contribution in [0.15, 0.2) is 77.7 Å². The van der Waals surface area contributed by atoms with Crippen LogP contribution >= 0.6 is 11.6 Å². The highest BCUT2D eigenvalue weighted by molar-refractivity contribution is 7.92. The van der Waals surface area contributed by atoms with Crippen molar-refractivity contribution in [3.63, 3.8) is 0 Å². The molecular formula is C32H40ClN3O5S. The van der Waals surface area contributed by atoms with Crippen LogP contribution in [-0.4, -0.2) is 50.9 Å². The first-order valence-electron chi connectivity index (χ1n) is 14.2. The minimum absolute atomic E-state index is 0.0424. The number of carbonyl (C=O) groups is 2. The molecular weight excluding hydrogens is 574 g/mol. The fourth-order valence-corrected chi connectivity index (χ4v) is 6.05. The highest BCUT2D eigenvalue weighted by atomic mass is 35.5. The molecule has 0 saturated carbocycles. The van der Waals surface area contributed by atoms with Crippen LogP contribution in [-0.2, 0) is 26.2 Å². The number of hydrogen-bond donors (Lipinski definition) is 1. The summed E-state index contributed by atoms with van der Waals surface area (Å²) in [5, 5.41) is 3.48. The number of ether oxygens (including phenoxy) is 1. The van der Waals surface area contributed by atoms with Gasteiger partial charge in [-0.2, -0.15) is 0 Å². The molecule has 1 atom stereocenters. The number of para-hydroxylation sites is 2. The summed E-state index contributed by atoms with van der Waals surface area (Å²) in [6.07, 6.45) is 2.07. The number of hydrogen-bond acceptors (Lipinski definition) is 5. The van der Waals surface area contributed by atoms with Crippen molar-refractivity contribution in [2.45, 2.75) is 64.4 Å². The van der Waals surface area contributed by atoms with Crippen LogP contribution in [0.25, 0.3) is 0 Å². The lowest BCUT2D eigenvalue weighted by atomic mass is 10.1. The second-order valence-electron chi connectivity index (χ2n) is 9.94. The lowest BCUT2D eigenvalue weighted by molar-refractivity contribution is -0.140. The maximum atomic E-state index is 14.2. The number of unbranched alkanes of at least 4 members (excludes halogenated alkanes) is 1. The molecule has 8 nitrogen and oxygen atoms in total. The van der Waals surface area contributed by atoms with Crippen molar-refractivity contribution < 1.29 is 22.7 Å². The average Bonchev–Trinajstić information content (AvgIpc) is 2.97. The summed E-state index contributed by atoms with van der Waals surface area (Å²) in [6.45, 7) is 7.89. The summed E-state index contributed by atoms with van der Waals surface area (Å²) >= 11 is 6.09. The van der Waals surface area contributed by atoms with Crippen LogP contribution < -0.4 is 14.4 Å². The molecule has 0 heterocycles. The highest BCUT2D eigenvalue weighted by Crippen LogP contribution is 2.33. The Kier molecular flexibility index (Phi) is 12.2. The zero-order chi connectivity index (χ0) is 30.7. The average molecular weight is 614 g/mol. The first-order valence-corrected chi connectivity index (χ1v) is 16.1. The molecule has 2 amide bonds. The fraction of sp³-hybridized carbons (Fsp3) is 0.375. The van der Waals surface area contributed by atoms with Crippen molar-refractivity contribution in [3.05, 3.63) is 88.9 Å². The Hall–Kier alpha value is -3.56. The monoisotopic (exact) mass is 613 g/mol. The van der Waals surface area contributed by atoms with Crippen LogP contribution in [0.5, 0.6) is 5.75 Å². The van der Waals surface area contributed by atoms with Crippen LogP contribution in [0.1, 0.15) is 51.2 Å². The first-order chi connectivity index (χ1) is 20.1. The van der Waals surface area contributed by atoms with Crippen LogP contribution in [0.4, 0.5) is 5.69 Å². The second-order valence-corrected chi connectivity index (χ2v) is 12.2. The van der Waals surface area contributed by atoms with E-state index in [4.69, 9.17) is 16.3 Å². The Bertz CT molecular complexity index is 1430. The van der Waals surface area contributed by atoms with Crippen LogP contribution in [0.3, 0.4) is 0 Å². The van der Waals surface area contributed by atoms with Crippen molar-refractivity contribution in [1.29, 1.82) is 0 Å². The normalized spacial score (nSPS) is 11.9. The molecule has 0 aliphatic heterocycles. The summed E-state index contributed by atoms with van der Waals surface area (Å²) in [5.74, 6) is -0.475. The number of rotatable bonds is 15. The SMILES string of the molecule is CCCCNC(=O)[C@H](CC)N(Cc1ccc(Cl)cc1)C(=O)CN(c1ccccc1OCC)S(=O)(=O)c1ccc(C)cc1. The molecule has 3 aromatic rings. The number of sulfonamides is 1. The number of nitrogens with zero attached hydrogens (tertiary/aromatic N) is 2. The molecule has 3 rings (SSSR count). The summed E-state index contributed by atoms with van der Waals surface area (Å²) in [4.78, 5) is 29.0. The van der Waals surface area contributed by atoms with Gasteiger partial charge in [-0.3, -0.25) is 13.9 Å². The molecule has 10 heteroatoms. The Labute approximate surface area is 254 Å². The lowest BCUT2D eigenvalue weighted by Gasteiger charge is -2.33. The third kappa shape index (κ3) is 8.49. The van der Waals surface area contributed by atoms with Crippen molar-refractivity contribution in [1.82, 2.24) is 10.2 Å². The van der Waals surface area contributed by atoms with E-state index in [1.807, 2.05) is 20.8 Å². The molecule has 0 fully saturated rings. The molecule has 42 heavy (non-hydrogen) atoms. The van der Waals surface area contributed by atoms with Gasteiger partial charge >= 0.3 is 0 Å². The van der Waals surface area contributed by atoms with E-state index in [9.17, 15) is 18.0 Å². The summed E-state index contributed by atoms with van der Waals surface area (Å²) in [7, 11) is -4.20. The van der Waals surface area contributed by atoms with Gasteiger partial charge in [-0.15, -0.1) is 0 Å². The number of carbonyl (C=O) groups excluding carboxylic acids is 2. The van der Waals surface area contributed by atoms with Gasteiger partial charge in [0.25, 0.3) is 10.0 Å². The van der Waals surface area contributed by atoms with E-state index in [0.29, 0.717) is 30.3 Å². The van der Waals surface area contributed by atoms with Crippen LogP contribution in [0, 0.1) is 6.92 Å². The fourth-order valence-electron chi connectivity index (χ4n) is 4.50. The Morgan fingerprint density at radius 3 is 2.24 bits per heavy atom. The molecule has 1 N–H and O–H groups in total. The predicted octanol–water partition coefficient (Wildman–Crippen LogP) is 5.97. The zero-order valence-corrected chi connectivity index (χ0v) is 26.2. The van der Waals surface area contributed by atoms with Crippen molar-refractivity contribution in [2.75, 3.05) is 24.0 Å². The van der Waals surface area contributed by atoms with Gasteiger partial charge in [0.15, 0.2) is 0 Å². The molecule has 0 aromatic heterocycles. The van der Waals surface area contributed by atoms with Gasteiger partial charge in [0, 0.05) is 18.1 Å². The molecule has 3 aromatic carbocycles. The van der Waals surface area contributed by atoms with E-state index >= 15 is 0 Å². The Balaban J connectivity index is 2.08. The minimum Gasteiger partial charge on any atom is -0.492 e. The Morgan fingerprint density at radius 1 is 0.952 bits per heavy atom. The number of aryl methyl sites for hydroxylation is 1. The molecule has 226 valence electrons. The van der Waals surface area contributed by atoms with Crippen LogP contribution in [0.2, 0.25) is 5.02 Å². The molecule has 0 unspecified atom stereocenters. The largest absolute Gasteiger partial charge is 0.492 e. The van der Waals surface area contributed by atoms with Gasteiger partial charge < -0.3 is 15.0 Å². The van der Waals surface area contributed by atoms with Gasteiger partial charge in [0.05, 0.1) is 17.2 Å². The predicted molar refractivity (Wildman–Crippen MR) is 167 cm³/mol. The third-order valence-electron chi connectivity index (χ3n) is 6.80. The maximum Gasteiger partial charge on any atom is 0.264 e. The van der Waals surface area contributed by atoms with Gasteiger partial charge in [-0.05, 0) is 68.7 Å². The Morgan fingerprint density at radius 2 is 1.62 bits per heavy atom. The number of anilines is 1. The quantitative estimate of drug-likeness (QED) is 0.213. The zero-order valence-electron chi connectivity index (χ0n) is 24.7. The van der Waals surface area contributed by atoms with Gasteiger partial charge in [0.1, 0.15) is 18.3 Å². The summed E-state index contributed by atoms with van der Waals surface area (Å²) < 4.78 is 35.1. The van der Waals surface area contributed by atoms with E-state index in [2.05, 4.69) is 5.32 Å². The van der Waals surface area contributed by atoms with Crippen molar-refractivity contribution in [3.8, 4) is 5.75 Å². The summed E-state index contributed by atoms with van der Waals surface area (Å²) in [6, 6.07) is 19.4. The molecule has 0 bridgehead atoms. The molecule has 0 aliphatic rings. The molecule has 0 spiro atoms. The van der Waals surface area contributed by atoms with E-state index < -0.39 is 28.5 Å². The van der Waals surface area contributed by atoms with Gasteiger partial charge in [-0.25, -0.2) is 8.42 Å². The molecule has 0 saturated heterocycles. The van der Waals surface area contributed by atoms with Gasteiger partial charge in [-0.1, -0.05) is 73.8 Å². The number of amides is 2. The van der Waals surface area contributed by atoms with Crippen molar-refractivity contribution >= 4 is 39.1 Å². The lowest BCUT2D eigenvalue weighted by Crippen LogP contribution is -2.52. The standard InChI is InChI=1S/C32H40ClN3O5S/c1-5-8-21-34-32(38)28(6-2)35(22-25-15-17-26(33)18-16-25)31(37)23-36(29-11-9-10-12-30(29)41-7-3)42(39,40)27-19-13-24(4)14-20-27/h9-20,28H,5-8,21-23H2,1-4H3,(H,34,38)/t28-/m0/s1. The highest BCUT2D eigenvalue weighted by Gasteiger charge is 2.34. The second kappa shape index (κ2) is 15.6. The van der Waals surface area contributed by atoms with E-state index in [1.54, 1.807) is 67.6 Å². The third-order valence-corrected chi connectivity index (χ3v) is 8.83. The van der Waals surface area contributed by atoms with E-state index in [0.717, 1.165) is 28.3 Å². The smallest absolute Gasteiger partial charge is 0.264 e. The maximum absolute atomic E-state index is 14.2. The number of benzene rings is 3. The summed E-state index contributed by atoms with van der Waals surface area (Å²) in [5.41, 5.74) is 1.90. The van der Waals surface area contributed by atoms with Crippen molar-refractivity contribution in [2.24, 2.45) is 0 Å². The van der Waals surface area contributed by atoms with Gasteiger partial charge in [0.2, 0.25) is 11.8 Å². The number of nitrogens with one attached hydrogen (secondary N) is 1. The molecule has 0 aliphatic carbocycles.